The molecule has 7 nitrogen and oxygen atoms in total. The standard InChI is InChI=1S/C13H14N4O3/c1-16-10-5-3-2-4-9(10)15-12(16)7-14-13(18)8-6-11(8)17(19)20/h2-5,8,11H,6-7H2,1H3,(H,14,18). The van der Waals surface area contributed by atoms with Crippen LogP contribution in [-0.2, 0) is 18.4 Å². The number of carbonyl (C=O) groups excluding carboxylic acids is 1. The van der Waals surface area contributed by atoms with Gasteiger partial charge in [0, 0.05) is 18.4 Å². The summed E-state index contributed by atoms with van der Waals surface area (Å²) in [4.78, 5) is 26.3. The zero-order valence-corrected chi connectivity index (χ0v) is 10.9. The highest BCUT2D eigenvalue weighted by atomic mass is 16.6. The fraction of sp³-hybridized carbons (Fsp3) is 0.385. The Morgan fingerprint density at radius 2 is 2.30 bits per heavy atom. The molecule has 1 aliphatic carbocycles. The maximum atomic E-state index is 11.8. The van der Waals surface area contributed by atoms with Gasteiger partial charge in [-0.2, -0.15) is 0 Å². The molecule has 2 atom stereocenters. The molecule has 104 valence electrons. The van der Waals surface area contributed by atoms with E-state index in [0.717, 1.165) is 16.9 Å². The maximum Gasteiger partial charge on any atom is 0.230 e. The molecule has 1 aromatic heterocycles. The van der Waals surface area contributed by atoms with Crippen LogP contribution in [0.25, 0.3) is 11.0 Å². The smallest absolute Gasteiger partial charge is 0.230 e. The van der Waals surface area contributed by atoms with Gasteiger partial charge < -0.3 is 9.88 Å². The Balaban J connectivity index is 1.67. The number of aryl methyl sites for hydroxylation is 1. The van der Waals surface area contributed by atoms with Crippen molar-refractivity contribution in [2.45, 2.75) is 19.0 Å². The lowest BCUT2D eigenvalue weighted by atomic mass is 10.3. The van der Waals surface area contributed by atoms with Gasteiger partial charge in [0.2, 0.25) is 11.9 Å². The van der Waals surface area contributed by atoms with Crippen LogP contribution >= 0.6 is 0 Å². The van der Waals surface area contributed by atoms with Crippen molar-refractivity contribution in [3.05, 3.63) is 40.2 Å². The Morgan fingerprint density at radius 3 is 2.95 bits per heavy atom. The monoisotopic (exact) mass is 274 g/mol. The van der Waals surface area contributed by atoms with Crippen LogP contribution in [0.15, 0.2) is 24.3 Å². The zero-order chi connectivity index (χ0) is 14.3. The van der Waals surface area contributed by atoms with Crippen LogP contribution in [0, 0.1) is 16.0 Å². The zero-order valence-electron chi connectivity index (χ0n) is 10.9. The van der Waals surface area contributed by atoms with E-state index in [1.807, 2.05) is 35.9 Å². The number of amides is 1. The van der Waals surface area contributed by atoms with Crippen molar-refractivity contribution in [2.24, 2.45) is 13.0 Å². The number of nitrogens with one attached hydrogen (secondary N) is 1. The lowest BCUT2D eigenvalue weighted by Crippen LogP contribution is -2.27. The van der Waals surface area contributed by atoms with Gasteiger partial charge in [-0.15, -0.1) is 0 Å². The topological polar surface area (TPSA) is 90.1 Å². The third kappa shape index (κ3) is 2.11. The van der Waals surface area contributed by atoms with Gasteiger partial charge in [-0.05, 0) is 12.1 Å². The molecule has 1 saturated carbocycles. The average Bonchev–Trinajstić information content (AvgIpc) is 3.18. The van der Waals surface area contributed by atoms with Gasteiger partial charge in [0.25, 0.3) is 0 Å². The highest BCUT2D eigenvalue weighted by Crippen LogP contribution is 2.33. The maximum absolute atomic E-state index is 11.8. The van der Waals surface area contributed by atoms with Gasteiger partial charge in [0.1, 0.15) is 11.7 Å². The van der Waals surface area contributed by atoms with Crippen molar-refractivity contribution in [1.82, 2.24) is 14.9 Å². The molecule has 2 unspecified atom stereocenters. The first-order valence-corrected chi connectivity index (χ1v) is 6.39. The molecular weight excluding hydrogens is 260 g/mol. The SMILES string of the molecule is Cn1c(CNC(=O)C2CC2[N+](=O)[O-])nc2ccccc21. The van der Waals surface area contributed by atoms with E-state index in [4.69, 9.17) is 0 Å². The summed E-state index contributed by atoms with van der Waals surface area (Å²) < 4.78 is 1.91. The van der Waals surface area contributed by atoms with Gasteiger partial charge in [0.15, 0.2) is 0 Å². The summed E-state index contributed by atoms with van der Waals surface area (Å²) in [5, 5.41) is 13.3. The fourth-order valence-electron chi connectivity index (χ4n) is 2.35. The molecule has 0 saturated heterocycles. The van der Waals surface area contributed by atoms with Crippen molar-refractivity contribution in [1.29, 1.82) is 0 Å². The lowest BCUT2D eigenvalue weighted by molar-refractivity contribution is -0.497. The van der Waals surface area contributed by atoms with Gasteiger partial charge in [0.05, 0.1) is 17.6 Å². The summed E-state index contributed by atoms with van der Waals surface area (Å²) in [6.07, 6.45) is 0.335. The largest absolute Gasteiger partial charge is 0.348 e. The number of hydrogen-bond acceptors (Lipinski definition) is 4. The molecule has 1 heterocycles. The second-order valence-electron chi connectivity index (χ2n) is 4.99. The number of benzene rings is 1. The lowest BCUT2D eigenvalue weighted by Gasteiger charge is -2.04. The molecule has 7 heteroatoms. The van der Waals surface area contributed by atoms with Crippen LogP contribution in [0.3, 0.4) is 0 Å². The minimum atomic E-state index is -0.713. The first-order valence-electron chi connectivity index (χ1n) is 6.39. The quantitative estimate of drug-likeness (QED) is 0.661. The average molecular weight is 274 g/mol. The Labute approximate surface area is 114 Å². The number of para-hydroxylation sites is 2. The molecule has 0 aliphatic heterocycles. The number of aromatic nitrogens is 2. The van der Waals surface area contributed by atoms with E-state index in [-0.39, 0.29) is 17.4 Å². The molecule has 1 aromatic carbocycles. The fourth-order valence-corrected chi connectivity index (χ4v) is 2.35. The van der Waals surface area contributed by atoms with E-state index in [2.05, 4.69) is 10.3 Å². The summed E-state index contributed by atoms with van der Waals surface area (Å²) >= 11 is 0. The van der Waals surface area contributed by atoms with E-state index in [0.29, 0.717) is 6.42 Å². The second-order valence-corrected chi connectivity index (χ2v) is 4.99. The number of fused-ring (bicyclic) bond motifs is 1. The molecule has 1 N–H and O–H groups in total. The number of rotatable bonds is 4. The highest BCUT2D eigenvalue weighted by Gasteiger charge is 2.53. The predicted molar refractivity (Wildman–Crippen MR) is 71.5 cm³/mol. The minimum Gasteiger partial charge on any atom is -0.348 e. The highest BCUT2D eigenvalue weighted by molar-refractivity contribution is 5.82. The van der Waals surface area contributed by atoms with E-state index in [1.54, 1.807) is 0 Å². The second kappa shape index (κ2) is 4.59. The molecule has 1 aliphatic rings. The van der Waals surface area contributed by atoms with Crippen molar-refractivity contribution in [3.63, 3.8) is 0 Å². The Kier molecular flexibility index (Phi) is 2.89. The molecular formula is C13H14N4O3. The van der Waals surface area contributed by atoms with Gasteiger partial charge in [-0.1, -0.05) is 12.1 Å². The summed E-state index contributed by atoms with van der Waals surface area (Å²) in [6, 6.07) is 6.99. The summed E-state index contributed by atoms with van der Waals surface area (Å²) in [5.41, 5.74) is 1.86. The number of carbonyl (C=O) groups is 1. The van der Waals surface area contributed by atoms with E-state index >= 15 is 0 Å². The summed E-state index contributed by atoms with van der Waals surface area (Å²) in [5.74, 6) is -0.0173. The molecule has 3 rings (SSSR count). The Morgan fingerprint density at radius 1 is 1.55 bits per heavy atom. The van der Waals surface area contributed by atoms with Gasteiger partial charge in [-0.3, -0.25) is 14.9 Å². The first kappa shape index (κ1) is 12.6. The number of nitro groups is 1. The van der Waals surface area contributed by atoms with Gasteiger partial charge in [-0.25, -0.2) is 4.98 Å². The van der Waals surface area contributed by atoms with Crippen LogP contribution in [0.2, 0.25) is 0 Å². The Hall–Kier alpha value is -2.44. The van der Waals surface area contributed by atoms with Crippen LogP contribution in [0.1, 0.15) is 12.2 Å². The molecule has 0 bridgehead atoms. The minimum absolute atomic E-state index is 0.265. The first-order chi connectivity index (χ1) is 9.58. The van der Waals surface area contributed by atoms with Crippen LogP contribution < -0.4 is 5.32 Å². The van der Waals surface area contributed by atoms with Crippen molar-refractivity contribution < 1.29 is 9.72 Å². The Bertz CT molecular complexity index is 694. The molecule has 20 heavy (non-hydrogen) atoms. The molecule has 1 amide bonds. The molecule has 0 radical (unpaired) electrons. The van der Waals surface area contributed by atoms with E-state index < -0.39 is 12.0 Å². The van der Waals surface area contributed by atoms with Gasteiger partial charge >= 0.3 is 0 Å². The number of imidazole rings is 1. The van der Waals surface area contributed by atoms with E-state index in [1.165, 1.54) is 0 Å². The summed E-state index contributed by atoms with van der Waals surface area (Å²) in [6.45, 7) is 0.283. The molecule has 0 spiro atoms. The van der Waals surface area contributed by atoms with Crippen LogP contribution in [0.4, 0.5) is 0 Å². The van der Waals surface area contributed by atoms with Crippen LogP contribution in [0.5, 0.6) is 0 Å². The normalized spacial score (nSPS) is 20.9. The third-order valence-electron chi connectivity index (χ3n) is 3.66. The summed E-state index contributed by atoms with van der Waals surface area (Å²) in [7, 11) is 1.88. The van der Waals surface area contributed by atoms with Crippen molar-refractivity contribution in [2.75, 3.05) is 0 Å². The predicted octanol–water partition coefficient (Wildman–Crippen LogP) is 0.855. The van der Waals surface area contributed by atoms with E-state index in [9.17, 15) is 14.9 Å². The third-order valence-corrected chi connectivity index (χ3v) is 3.66. The molecule has 1 fully saturated rings. The molecule has 2 aromatic rings. The van der Waals surface area contributed by atoms with Crippen LogP contribution in [-0.4, -0.2) is 26.4 Å². The van der Waals surface area contributed by atoms with Crippen molar-refractivity contribution >= 4 is 16.9 Å². The van der Waals surface area contributed by atoms with Crippen molar-refractivity contribution in [3.8, 4) is 0 Å². The number of nitrogens with zero attached hydrogens (tertiary/aromatic N) is 3. The number of hydrogen-bond donors (Lipinski definition) is 1.